The molecular weight excluding hydrogens is 337 g/mol. The zero-order chi connectivity index (χ0) is 15.8. The maximum Gasteiger partial charge on any atom is 0.167 e. The van der Waals surface area contributed by atoms with Gasteiger partial charge in [0.1, 0.15) is 11.5 Å². The van der Waals surface area contributed by atoms with E-state index < -0.39 is 0 Å². The molecule has 1 saturated heterocycles. The third-order valence-electron chi connectivity index (χ3n) is 4.62. The van der Waals surface area contributed by atoms with Crippen LogP contribution >= 0.6 is 23.2 Å². The Hall–Kier alpha value is -1.07. The first-order valence-corrected chi connectivity index (χ1v) is 8.65. The number of hydrogen-bond donors (Lipinski definition) is 0. The Kier molecular flexibility index (Phi) is 4.33. The van der Waals surface area contributed by atoms with Crippen LogP contribution in [0.3, 0.4) is 0 Å². The lowest BCUT2D eigenvalue weighted by atomic mass is 9.95. The molecule has 0 amide bonds. The van der Waals surface area contributed by atoms with Gasteiger partial charge >= 0.3 is 0 Å². The van der Waals surface area contributed by atoms with Gasteiger partial charge in [0.2, 0.25) is 0 Å². The molecule has 4 nitrogen and oxygen atoms in total. The largest absolute Gasteiger partial charge is 0.360 e. The van der Waals surface area contributed by atoms with Crippen molar-refractivity contribution >= 4 is 23.2 Å². The van der Waals surface area contributed by atoms with E-state index >= 15 is 0 Å². The molecular formula is C17H17Cl2NO3. The summed E-state index contributed by atoms with van der Waals surface area (Å²) in [5.41, 5.74) is 2.44. The van der Waals surface area contributed by atoms with Crippen LogP contribution in [0.2, 0.25) is 10.0 Å². The summed E-state index contributed by atoms with van der Waals surface area (Å²) in [6, 6.07) is 5.45. The highest BCUT2D eigenvalue weighted by Gasteiger charge is 2.32. The first-order chi connectivity index (χ1) is 11.2. The summed E-state index contributed by atoms with van der Waals surface area (Å²) in [4.78, 5) is 0. The van der Waals surface area contributed by atoms with Gasteiger partial charge in [0.05, 0.1) is 10.0 Å². The minimum absolute atomic E-state index is 0.241. The average Bonchev–Trinajstić information content (AvgIpc) is 3.12. The molecule has 0 unspecified atom stereocenters. The van der Waals surface area contributed by atoms with Gasteiger partial charge in [-0.3, -0.25) is 0 Å². The Morgan fingerprint density at radius 2 is 1.78 bits per heavy atom. The number of aromatic nitrogens is 1. The minimum atomic E-state index is -0.241. The standard InChI is InChI=1S/C17H17Cl2NO3/c18-12-6-3-7-13(19)15(12)16-11(8-14-21-9-22-14)17(23-20-16)10-4-1-2-5-10/h3,6-7,10,14H,1-2,4-5,8-9H2. The van der Waals surface area contributed by atoms with Gasteiger partial charge in [-0.05, 0) is 25.0 Å². The van der Waals surface area contributed by atoms with Crippen LogP contribution < -0.4 is 0 Å². The van der Waals surface area contributed by atoms with Crippen LogP contribution in [-0.4, -0.2) is 18.2 Å². The van der Waals surface area contributed by atoms with E-state index in [1.807, 2.05) is 18.2 Å². The fourth-order valence-electron chi connectivity index (χ4n) is 3.40. The summed E-state index contributed by atoms with van der Waals surface area (Å²) in [5.74, 6) is 1.35. The van der Waals surface area contributed by atoms with E-state index in [-0.39, 0.29) is 6.29 Å². The van der Waals surface area contributed by atoms with E-state index in [1.54, 1.807) is 0 Å². The van der Waals surface area contributed by atoms with Crippen molar-refractivity contribution in [1.82, 2.24) is 5.16 Å². The maximum atomic E-state index is 6.36. The Balaban J connectivity index is 1.79. The van der Waals surface area contributed by atoms with Gasteiger partial charge in [0.15, 0.2) is 13.1 Å². The van der Waals surface area contributed by atoms with Gasteiger partial charge in [0, 0.05) is 23.5 Å². The Morgan fingerprint density at radius 3 is 2.39 bits per heavy atom. The van der Waals surface area contributed by atoms with Crippen LogP contribution in [0.15, 0.2) is 22.7 Å². The molecule has 1 aromatic heterocycles. The monoisotopic (exact) mass is 353 g/mol. The molecule has 0 N–H and O–H groups in total. The predicted molar refractivity (Wildman–Crippen MR) is 87.7 cm³/mol. The number of benzene rings is 1. The summed E-state index contributed by atoms with van der Waals surface area (Å²) in [6.45, 7) is 0.344. The SMILES string of the molecule is Clc1cccc(Cl)c1-c1noc(C2CCCC2)c1CC1OCO1. The lowest BCUT2D eigenvalue weighted by molar-refractivity contribution is -0.318. The quantitative estimate of drug-likeness (QED) is 0.759. The first kappa shape index (κ1) is 15.5. The molecule has 2 aliphatic rings. The molecule has 2 heterocycles. The van der Waals surface area contributed by atoms with Gasteiger partial charge < -0.3 is 14.0 Å². The topological polar surface area (TPSA) is 44.5 Å². The van der Waals surface area contributed by atoms with E-state index in [0.717, 1.165) is 29.7 Å². The molecule has 2 aromatic rings. The fourth-order valence-corrected chi connectivity index (χ4v) is 3.97. The van der Waals surface area contributed by atoms with E-state index in [4.69, 9.17) is 37.2 Å². The summed E-state index contributed by atoms with van der Waals surface area (Å²) in [7, 11) is 0. The highest BCUT2D eigenvalue weighted by Crippen LogP contribution is 2.43. The van der Waals surface area contributed by atoms with Crippen LogP contribution in [0, 0.1) is 0 Å². The van der Waals surface area contributed by atoms with E-state index in [1.165, 1.54) is 12.8 Å². The molecule has 4 rings (SSSR count). The molecule has 0 spiro atoms. The zero-order valence-electron chi connectivity index (χ0n) is 12.6. The van der Waals surface area contributed by atoms with Gasteiger partial charge in [-0.25, -0.2) is 0 Å². The molecule has 1 saturated carbocycles. The third-order valence-corrected chi connectivity index (χ3v) is 5.25. The lowest BCUT2D eigenvalue weighted by Crippen LogP contribution is -2.32. The van der Waals surface area contributed by atoms with Crippen LogP contribution in [0.4, 0.5) is 0 Å². The Labute approximate surface area is 144 Å². The third kappa shape index (κ3) is 2.89. The summed E-state index contributed by atoms with van der Waals surface area (Å²) in [5, 5.41) is 5.45. The molecule has 23 heavy (non-hydrogen) atoms. The molecule has 1 aliphatic heterocycles. The van der Waals surface area contributed by atoms with Crippen molar-refractivity contribution in [2.45, 2.75) is 44.3 Å². The van der Waals surface area contributed by atoms with Gasteiger partial charge in [-0.15, -0.1) is 0 Å². The van der Waals surface area contributed by atoms with Gasteiger partial charge in [-0.1, -0.05) is 47.3 Å². The zero-order valence-corrected chi connectivity index (χ0v) is 14.1. The van der Waals surface area contributed by atoms with Crippen molar-refractivity contribution in [2.24, 2.45) is 0 Å². The van der Waals surface area contributed by atoms with Crippen LogP contribution in [0.1, 0.15) is 42.9 Å². The Morgan fingerprint density at radius 1 is 1.09 bits per heavy atom. The van der Waals surface area contributed by atoms with E-state index in [0.29, 0.717) is 34.9 Å². The molecule has 6 heteroatoms. The second-order valence-electron chi connectivity index (χ2n) is 6.04. The maximum absolute atomic E-state index is 6.36. The first-order valence-electron chi connectivity index (χ1n) is 7.90. The van der Waals surface area contributed by atoms with Crippen molar-refractivity contribution in [3.8, 4) is 11.3 Å². The molecule has 0 bridgehead atoms. The number of halogens is 2. The highest BCUT2D eigenvalue weighted by molar-refractivity contribution is 6.39. The number of hydrogen-bond acceptors (Lipinski definition) is 4. The van der Waals surface area contributed by atoms with Crippen molar-refractivity contribution in [3.05, 3.63) is 39.6 Å². The minimum Gasteiger partial charge on any atom is -0.360 e. The smallest absolute Gasteiger partial charge is 0.167 e. The second kappa shape index (κ2) is 6.44. The van der Waals surface area contributed by atoms with E-state index in [9.17, 15) is 0 Å². The van der Waals surface area contributed by atoms with Crippen molar-refractivity contribution in [2.75, 3.05) is 6.79 Å². The Bertz CT molecular complexity index is 686. The molecule has 1 aromatic carbocycles. The number of rotatable bonds is 4. The van der Waals surface area contributed by atoms with Crippen LogP contribution in [-0.2, 0) is 15.9 Å². The molecule has 2 fully saturated rings. The van der Waals surface area contributed by atoms with E-state index in [2.05, 4.69) is 5.16 Å². The molecule has 0 radical (unpaired) electrons. The van der Waals surface area contributed by atoms with Crippen molar-refractivity contribution in [3.63, 3.8) is 0 Å². The second-order valence-corrected chi connectivity index (χ2v) is 6.85. The van der Waals surface area contributed by atoms with Crippen LogP contribution in [0.25, 0.3) is 11.3 Å². The van der Waals surface area contributed by atoms with Gasteiger partial charge in [-0.2, -0.15) is 0 Å². The number of nitrogens with zero attached hydrogens (tertiary/aromatic N) is 1. The van der Waals surface area contributed by atoms with Crippen molar-refractivity contribution in [1.29, 1.82) is 0 Å². The summed E-state index contributed by atoms with van der Waals surface area (Å²) in [6.07, 6.45) is 5.07. The predicted octanol–water partition coefficient (Wildman–Crippen LogP) is 5.18. The normalized spacial score (nSPS) is 19.2. The molecule has 1 aliphatic carbocycles. The average molecular weight is 354 g/mol. The molecule has 0 atom stereocenters. The fraction of sp³-hybridized carbons (Fsp3) is 0.471. The highest BCUT2D eigenvalue weighted by atomic mass is 35.5. The van der Waals surface area contributed by atoms with Crippen molar-refractivity contribution < 1.29 is 14.0 Å². The summed E-state index contributed by atoms with van der Waals surface area (Å²) >= 11 is 12.7. The summed E-state index contributed by atoms with van der Waals surface area (Å²) < 4.78 is 16.6. The van der Waals surface area contributed by atoms with Crippen LogP contribution in [0.5, 0.6) is 0 Å². The molecule has 122 valence electrons. The lowest BCUT2D eigenvalue weighted by Gasteiger charge is -2.27. The number of ether oxygens (including phenoxy) is 2. The van der Waals surface area contributed by atoms with Gasteiger partial charge in [0.25, 0.3) is 0 Å².